The number of benzene rings is 2. The molecule has 0 saturated heterocycles. The molecule has 2 aromatic heterocycles. The van der Waals surface area contributed by atoms with Crippen LogP contribution in [0, 0.1) is 0 Å². The molecule has 0 aliphatic carbocycles. The minimum atomic E-state index is 0.398. The molecule has 0 saturated carbocycles. The molecule has 194 valence electrons. The van der Waals surface area contributed by atoms with Crippen molar-refractivity contribution in [3.05, 3.63) is 107 Å². The Bertz CT molecular complexity index is 2060. The average molecular weight is 531 g/mol. The average Bonchev–Trinajstić information content (AvgIpc) is 3.73. The van der Waals surface area contributed by atoms with Crippen molar-refractivity contribution in [3.63, 3.8) is 0 Å². The maximum atomic E-state index is 5.04. The Morgan fingerprint density at radius 1 is 0.725 bits per heavy atom. The molecule has 40 heavy (non-hydrogen) atoms. The van der Waals surface area contributed by atoms with Crippen LogP contribution in [0.1, 0.15) is 0 Å². The molecule has 5 aliphatic rings. The molecule has 0 fully saturated rings. The maximum absolute atomic E-state index is 5.04. The van der Waals surface area contributed by atoms with Crippen LogP contribution in [0.25, 0.3) is 21.5 Å². The molecule has 16 heteroatoms. The third kappa shape index (κ3) is 2.99. The van der Waals surface area contributed by atoms with Crippen molar-refractivity contribution in [2.75, 3.05) is 5.32 Å². The van der Waals surface area contributed by atoms with Crippen molar-refractivity contribution >= 4 is 33.2 Å². The number of hydrogen-bond acceptors (Lipinski definition) is 14. The predicted octanol–water partition coefficient (Wildman–Crippen LogP) is 2.27. The summed E-state index contributed by atoms with van der Waals surface area (Å²) in [5, 5.41) is 29.4. The number of H-pyrrole nitrogens is 2. The SMILES string of the molecule is C1=CC2=C3N=c4[nH]c(c5ccccc45)=Nc4[nH]c(c5ccccc45)NC4=C5N=NN=NN5N(N4)NN(N3)N2C=C1. The Labute approximate surface area is 223 Å². The minimum Gasteiger partial charge on any atom is -0.325 e. The van der Waals surface area contributed by atoms with Crippen molar-refractivity contribution in [2.45, 2.75) is 0 Å². The second-order valence-corrected chi connectivity index (χ2v) is 9.19. The summed E-state index contributed by atoms with van der Waals surface area (Å²) in [6.45, 7) is 0. The molecule has 5 aliphatic heterocycles. The summed E-state index contributed by atoms with van der Waals surface area (Å²) in [7, 11) is 0. The van der Waals surface area contributed by atoms with Gasteiger partial charge in [0.2, 0.25) is 5.82 Å². The quantitative estimate of drug-likeness (QED) is 0.201. The van der Waals surface area contributed by atoms with Crippen LogP contribution in [0.4, 0.5) is 11.6 Å². The lowest BCUT2D eigenvalue weighted by Gasteiger charge is -2.33. The minimum absolute atomic E-state index is 0.398. The zero-order valence-electron chi connectivity index (χ0n) is 20.4. The first kappa shape index (κ1) is 21.1. The summed E-state index contributed by atoms with van der Waals surface area (Å²) >= 11 is 0. The summed E-state index contributed by atoms with van der Waals surface area (Å²) in [6, 6.07) is 16.0. The molecule has 6 N–H and O–H groups in total. The second-order valence-electron chi connectivity index (χ2n) is 9.19. The Hall–Kier alpha value is -5.84. The van der Waals surface area contributed by atoms with Crippen LogP contribution in [-0.4, -0.2) is 30.5 Å². The van der Waals surface area contributed by atoms with Crippen molar-refractivity contribution in [3.8, 4) is 0 Å². The Morgan fingerprint density at radius 2 is 1.52 bits per heavy atom. The van der Waals surface area contributed by atoms with Crippen molar-refractivity contribution in [1.29, 1.82) is 0 Å². The number of fused-ring (bicyclic) bond motifs is 18. The van der Waals surface area contributed by atoms with Gasteiger partial charge in [-0.3, -0.25) is 10.9 Å². The number of nitrogens with zero attached hydrogens (tertiary/aromatic N) is 10. The van der Waals surface area contributed by atoms with Crippen molar-refractivity contribution in [2.24, 2.45) is 30.8 Å². The van der Waals surface area contributed by atoms with Gasteiger partial charge in [-0.05, 0) is 38.3 Å². The summed E-state index contributed by atoms with van der Waals surface area (Å²) in [5.74, 6) is 2.92. The van der Waals surface area contributed by atoms with E-state index >= 15 is 0 Å². The molecule has 0 spiro atoms. The Morgan fingerprint density at radius 3 is 2.40 bits per heavy atom. The number of hydrazine groups is 6. The van der Waals surface area contributed by atoms with Crippen LogP contribution in [0.3, 0.4) is 0 Å². The number of aromatic amines is 2. The number of aromatic nitrogens is 2. The van der Waals surface area contributed by atoms with E-state index in [4.69, 9.17) is 9.98 Å². The molecule has 0 amide bonds. The lowest BCUT2D eigenvalue weighted by atomic mass is 10.2. The molecule has 7 heterocycles. The van der Waals surface area contributed by atoms with E-state index in [-0.39, 0.29) is 0 Å². The normalized spacial score (nSPS) is 22.2. The standard InChI is InChI=1S/C24H18N16/c1-3-9-15-13(7-1)18-25-19-14-8-2-4-10-16(14)21(27-19)29-23-24-30-33-34-35-38(24)40(32-23)36-39-31-22(28-20(15)26-18)17-11-5-6-12-37(17)39/h1-12,27,29,31-32,36H,(H,25,26,28). The Kier molecular flexibility index (Phi) is 4.14. The van der Waals surface area contributed by atoms with E-state index in [1.807, 2.05) is 78.0 Å². The fraction of sp³-hybridized carbons (Fsp3) is 0. The van der Waals surface area contributed by atoms with Crippen molar-refractivity contribution in [1.82, 2.24) is 46.9 Å². The molecule has 8 bridgehead atoms. The van der Waals surface area contributed by atoms with Crippen LogP contribution in [0.2, 0.25) is 0 Å². The lowest BCUT2D eigenvalue weighted by molar-refractivity contribution is -0.188. The molecule has 2 aromatic carbocycles. The van der Waals surface area contributed by atoms with Gasteiger partial charge in [0.1, 0.15) is 28.3 Å². The molecule has 9 rings (SSSR count). The van der Waals surface area contributed by atoms with Gasteiger partial charge in [0, 0.05) is 27.7 Å². The van der Waals surface area contributed by atoms with Gasteiger partial charge in [-0.15, -0.1) is 15.8 Å². The molecule has 0 radical (unpaired) electrons. The number of allylic oxidation sites excluding steroid dienone is 3. The van der Waals surface area contributed by atoms with Crippen LogP contribution >= 0.6 is 0 Å². The van der Waals surface area contributed by atoms with Gasteiger partial charge in [-0.1, -0.05) is 54.6 Å². The van der Waals surface area contributed by atoms with E-state index in [1.54, 1.807) is 5.23 Å². The van der Waals surface area contributed by atoms with Gasteiger partial charge in [0.05, 0.1) is 0 Å². The summed E-state index contributed by atoms with van der Waals surface area (Å²) < 4.78 is 0. The second kappa shape index (κ2) is 7.84. The van der Waals surface area contributed by atoms with E-state index in [1.165, 1.54) is 10.3 Å². The lowest BCUT2D eigenvalue weighted by Crippen LogP contribution is -2.62. The van der Waals surface area contributed by atoms with Crippen molar-refractivity contribution < 1.29 is 0 Å². The highest BCUT2D eigenvalue weighted by molar-refractivity contribution is 6.01. The topological polar surface area (TPSA) is 167 Å². The van der Waals surface area contributed by atoms with Gasteiger partial charge in [-0.25, -0.2) is 15.0 Å². The van der Waals surface area contributed by atoms with E-state index in [9.17, 15) is 0 Å². The number of nitrogens with one attached hydrogen (secondary N) is 6. The molecule has 2 atom stereocenters. The third-order valence-corrected chi connectivity index (χ3v) is 6.89. The van der Waals surface area contributed by atoms with Gasteiger partial charge in [0.25, 0.3) is 0 Å². The smallest absolute Gasteiger partial charge is 0.237 e. The molecular weight excluding hydrogens is 512 g/mol. The largest absolute Gasteiger partial charge is 0.325 e. The summed E-state index contributed by atoms with van der Waals surface area (Å²) in [4.78, 5) is 16.9. The first-order valence-electron chi connectivity index (χ1n) is 12.4. The highest BCUT2D eigenvalue weighted by Gasteiger charge is 2.38. The predicted molar refractivity (Wildman–Crippen MR) is 141 cm³/mol. The molecule has 4 aromatic rings. The highest BCUT2D eigenvalue weighted by Crippen LogP contribution is 2.34. The first-order chi connectivity index (χ1) is 19.8. The zero-order valence-corrected chi connectivity index (χ0v) is 20.4. The fourth-order valence-corrected chi connectivity index (χ4v) is 5.11. The summed E-state index contributed by atoms with van der Waals surface area (Å²) in [5.41, 5.74) is 12.0. The van der Waals surface area contributed by atoms with Gasteiger partial charge in [0.15, 0.2) is 11.6 Å². The molecular formula is C24H18N16. The van der Waals surface area contributed by atoms with E-state index in [0.717, 1.165) is 27.2 Å². The number of hydrogen-bond donors (Lipinski definition) is 6. The molecule has 16 nitrogen and oxygen atoms in total. The summed E-state index contributed by atoms with van der Waals surface area (Å²) in [6.07, 6.45) is 7.73. The van der Waals surface area contributed by atoms with Crippen LogP contribution in [0.15, 0.2) is 127 Å². The van der Waals surface area contributed by atoms with Gasteiger partial charge >= 0.3 is 0 Å². The maximum Gasteiger partial charge on any atom is 0.237 e. The number of anilines is 1. The van der Waals surface area contributed by atoms with E-state index in [0.29, 0.717) is 40.1 Å². The van der Waals surface area contributed by atoms with Crippen LogP contribution < -0.4 is 32.7 Å². The zero-order chi connectivity index (χ0) is 26.2. The Balaban J connectivity index is 1.32. The third-order valence-electron chi connectivity index (χ3n) is 6.89. The van der Waals surface area contributed by atoms with E-state index < -0.39 is 0 Å². The van der Waals surface area contributed by atoms with Crippen LogP contribution in [0.5, 0.6) is 0 Å². The van der Waals surface area contributed by atoms with Gasteiger partial charge < -0.3 is 15.3 Å². The number of rotatable bonds is 0. The fourth-order valence-electron chi connectivity index (χ4n) is 5.11. The first-order valence-corrected chi connectivity index (χ1v) is 12.4. The molecule has 2 unspecified atom stereocenters. The van der Waals surface area contributed by atoms with Gasteiger partial charge in [-0.2, -0.15) is 0 Å². The van der Waals surface area contributed by atoms with Crippen LogP contribution in [-0.2, 0) is 0 Å². The monoisotopic (exact) mass is 530 g/mol. The highest BCUT2D eigenvalue weighted by atomic mass is 16.2. The van der Waals surface area contributed by atoms with E-state index in [2.05, 4.69) is 52.5 Å².